The average Bonchev–Trinajstić information content (AvgIpc) is 2.62. The van der Waals surface area contributed by atoms with Crippen LogP contribution in [0.25, 0.3) is 11.1 Å². The molecule has 4 nitrogen and oxygen atoms in total. The van der Waals surface area contributed by atoms with Crippen LogP contribution in [0.5, 0.6) is 5.75 Å². The summed E-state index contributed by atoms with van der Waals surface area (Å²) >= 11 is 5.99. The summed E-state index contributed by atoms with van der Waals surface area (Å²) in [6.45, 7) is 0. The second-order valence-corrected chi connectivity index (χ2v) is 5.72. The molecule has 26 heavy (non-hydrogen) atoms. The predicted octanol–water partition coefficient (Wildman–Crippen LogP) is 5.57. The fraction of sp³-hybridized carbons (Fsp3) is 0.111. The minimum atomic E-state index is -4.47. The largest absolute Gasteiger partial charge is 0.495 e. The number of nitrogens with one attached hydrogen (secondary N) is 1. The number of halogens is 4. The molecule has 8 heteroatoms. The molecule has 1 N–H and O–H groups in total. The lowest BCUT2D eigenvalue weighted by Crippen LogP contribution is -2.09. The molecule has 0 spiro atoms. The second-order valence-electron chi connectivity index (χ2n) is 5.31. The van der Waals surface area contributed by atoms with Crippen molar-refractivity contribution in [1.82, 2.24) is 9.97 Å². The highest BCUT2D eigenvalue weighted by molar-refractivity contribution is 6.32. The molecule has 3 aromatic rings. The molecule has 1 aromatic heterocycles. The highest BCUT2D eigenvalue weighted by Crippen LogP contribution is 2.35. The van der Waals surface area contributed by atoms with Gasteiger partial charge in [-0.15, -0.1) is 0 Å². The summed E-state index contributed by atoms with van der Waals surface area (Å²) in [6, 6.07) is 10.3. The number of hydrogen-bond acceptors (Lipinski definition) is 4. The molecule has 0 aliphatic carbocycles. The summed E-state index contributed by atoms with van der Waals surface area (Å²) in [5.41, 5.74) is 0.555. The summed E-state index contributed by atoms with van der Waals surface area (Å²) in [5.74, 6) is 0.567. The van der Waals surface area contributed by atoms with Gasteiger partial charge in [-0.2, -0.15) is 13.2 Å². The first-order valence-corrected chi connectivity index (χ1v) is 7.85. The summed E-state index contributed by atoms with van der Waals surface area (Å²) in [5, 5.41) is 3.07. The van der Waals surface area contributed by atoms with Gasteiger partial charge in [0.1, 0.15) is 5.75 Å². The van der Waals surface area contributed by atoms with Gasteiger partial charge in [-0.25, -0.2) is 9.97 Å². The molecule has 0 fully saturated rings. The van der Waals surface area contributed by atoms with E-state index in [4.69, 9.17) is 16.3 Å². The number of hydrogen-bond donors (Lipinski definition) is 1. The van der Waals surface area contributed by atoms with Crippen LogP contribution in [-0.4, -0.2) is 17.1 Å². The number of nitrogens with zero attached hydrogens (tertiary/aromatic N) is 2. The molecule has 3 rings (SSSR count). The molecule has 1 heterocycles. The summed E-state index contributed by atoms with van der Waals surface area (Å²) in [7, 11) is 1.51. The van der Waals surface area contributed by atoms with Crippen LogP contribution < -0.4 is 10.1 Å². The Kier molecular flexibility index (Phi) is 4.99. The Morgan fingerprint density at radius 2 is 1.69 bits per heavy atom. The number of anilines is 2. The lowest BCUT2D eigenvalue weighted by atomic mass is 10.1. The highest BCUT2D eigenvalue weighted by atomic mass is 35.5. The zero-order chi connectivity index (χ0) is 18.7. The Balaban J connectivity index is 1.85. The van der Waals surface area contributed by atoms with Gasteiger partial charge in [-0.05, 0) is 29.8 Å². The van der Waals surface area contributed by atoms with Crippen molar-refractivity contribution in [1.29, 1.82) is 0 Å². The lowest BCUT2D eigenvalue weighted by molar-refractivity contribution is -0.136. The van der Waals surface area contributed by atoms with E-state index in [1.807, 2.05) is 0 Å². The van der Waals surface area contributed by atoms with E-state index in [1.54, 1.807) is 18.2 Å². The molecule has 0 aliphatic heterocycles. The van der Waals surface area contributed by atoms with Gasteiger partial charge in [-0.1, -0.05) is 29.8 Å². The SMILES string of the molecule is COc1cc(-c2cnc(Nc3ccccc3C(F)(F)F)nc2)ccc1Cl. The third-order valence-corrected chi connectivity index (χ3v) is 3.93. The van der Waals surface area contributed by atoms with Crippen molar-refractivity contribution < 1.29 is 17.9 Å². The van der Waals surface area contributed by atoms with E-state index >= 15 is 0 Å². The van der Waals surface area contributed by atoms with Crippen molar-refractivity contribution in [2.24, 2.45) is 0 Å². The van der Waals surface area contributed by atoms with Gasteiger partial charge in [0.25, 0.3) is 0 Å². The van der Waals surface area contributed by atoms with Crippen LogP contribution in [0.4, 0.5) is 24.8 Å². The van der Waals surface area contributed by atoms with Gasteiger partial charge >= 0.3 is 6.18 Å². The van der Waals surface area contributed by atoms with Crippen molar-refractivity contribution in [2.75, 3.05) is 12.4 Å². The van der Waals surface area contributed by atoms with E-state index < -0.39 is 11.7 Å². The number of rotatable bonds is 4. The molecular formula is C18H13ClF3N3O. The number of benzene rings is 2. The molecule has 0 aliphatic rings. The number of ether oxygens (including phenoxy) is 1. The maximum Gasteiger partial charge on any atom is 0.418 e. The smallest absolute Gasteiger partial charge is 0.418 e. The molecule has 0 bridgehead atoms. The Hall–Kier alpha value is -2.80. The third kappa shape index (κ3) is 3.88. The van der Waals surface area contributed by atoms with Gasteiger partial charge in [-0.3, -0.25) is 0 Å². The van der Waals surface area contributed by atoms with E-state index in [0.717, 1.165) is 11.6 Å². The van der Waals surface area contributed by atoms with E-state index in [2.05, 4.69) is 15.3 Å². The topological polar surface area (TPSA) is 47.0 Å². The van der Waals surface area contributed by atoms with Crippen LogP contribution in [0.2, 0.25) is 5.02 Å². The number of para-hydroxylation sites is 1. The van der Waals surface area contributed by atoms with Crippen LogP contribution in [0.15, 0.2) is 54.9 Å². The molecule has 0 radical (unpaired) electrons. The Morgan fingerprint density at radius 3 is 2.35 bits per heavy atom. The molecular weight excluding hydrogens is 367 g/mol. The normalized spacial score (nSPS) is 11.3. The van der Waals surface area contributed by atoms with Crippen molar-refractivity contribution in [3.8, 4) is 16.9 Å². The molecule has 0 unspecified atom stereocenters. The maximum atomic E-state index is 13.0. The predicted molar refractivity (Wildman–Crippen MR) is 93.8 cm³/mol. The molecule has 0 atom stereocenters. The van der Waals surface area contributed by atoms with E-state index in [-0.39, 0.29) is 11.6 Å². The molecule has 134 valence electrons. The Labute approximate surface area is 152 Å². The van der Waals surface area contributed by atoms with Crippen molar-refractivity contribution in [3.63, 3.8) is 0 Å². The maximum absolute atomic E-state index is 13.0. The van der Waals surface area contributed by atoms with Crippen LogP contribution in [0.1, 0.15) is 5.56 Å². The van der Waals surface area contributed by atoms with Gasteiger partial charge in [0.05, 0.1) is 23.4 Å². The zero-order valence-electron chi connectivity index (χ0n) is 13.5. The Morgan fingerprint density at radius 1 is 1.00 bits per heavy atom. The zero-order valence-corrected chi connectivity index (χ0v) is 14.3. The molecule has 0 saturated carbocycles. The third-order valence-electron chi connectivity index (χ3n) is 3.62. The fourth-order valence-corrected chi connectivity index (χ4v) is 2.54. The molecule has 2 aromatic carbocycles. The minimum Gasteiger partial charge on any atom is -0.495 e. The highest BCUT2D eigenvalue weighted by Gasteiger charge is 2.33. The standard InChI is InChI=1S/C18H13ClF3N3O/c1-26-16-8-11(6-7-14(16)19)12-9-23-17(24-10-12)25-15-5-3-2-4-13(15)18(20,21)22/h2-10H,1H3,(H,23,24,25). The van der Waals surface area contributed by atoms with Crippen LogP contribution in [0.3, 0.4) is 0 Å². The summed E-state index contributed by atoms with van der Waals surface area (Å²) in [6.07, 6.45) is -1.45. The average molecular weight is 380 g/mol. The van der Waals surface area contributed by atoms with Gasteiger partial charge < -0.3 is 10.1 Å². The van der Waals surface area contributed by atoms with Crippen LogP contribution in [-0.2, 0) is 6.18 Å². The van der Waals surface area contributed by atoms with Crippen molar-refractivity contribution in [2.45, 2.75) is 6.18 Å². The summed E-state index contributed by atoms with van der Waals surface area (Å²) in [4.78, 5) is 8.18. The monoisotopic (exact) mass is 379 g/mol. The summed E-state index contributed by atoms with van der Waals surface area (Å²) < 4.78 is 44.3. The first-order valence-electron chi connectivity index (χ1n) is 7.47. The van der Waals surface area contributed by atoms with Gasteiger partial charge in [0, 0.05) is 18.0 Å². The molecule has 0 amide bonds. The van der Waals surface area contributed by atoms with E-state index in [9.17, 15) is 13.2 Å². The van der Waals surface area contributed by atoms with Gasteiger partial charge in [0.2, 0.25) is 5.95 Å². The van der Waals surface area contributed by atoms with Crippen LogP contribution in [0, 0.1) is 0 Å². The fourth-order valence-electron chi connectivity index (χ4n) is 2.34. The second kappa shape index (κ2) is 7.21. The van der Waals surface area contributed by atoms with Crippen molar-refractivity contribution >= 4 is 23.2 Å². The first kappa shape index (κ1) is 18.0. The number of methoxy groups -OCH3 is 1. The minimum absolute atomic E-state index is 0.0615. The van der Waals surface area contributed by atoms with Gasteiger partial charge in [0.15, 0.2) is 0 Å². The number of alkyl halides is 3. The van der Waals surface area contributed by atoms with E-state index in [0.29, 0.717) is 16.3 Å². The van der Waals surface area contributed by atoms with Crippen molar-refractivity contribution in [3.05, 3.63) is 65.4 Å². The van der Waals surface area contributed by atoms with E-state index in [1.165, 1.54) is 37.7 Å². The molecule has 0 saturated heterocycles. The lowest BCUT2D eigenvalue weighted by Gasteiger charge is -2.13. The van der Waals surface area contributed by atoms with Crippen LogP contribution >= 0.6 is 11.6 Å². The Bertz CT molecular complexity index is 914. The first-order chi connectivity index (χ1) is 12.4. The quantitative estimate of drug-likeness (QED) is 0.644. The number of aromatic nitrogens is 2.